The molecule has 0 aliphatic carbocycles. The maximum Gasteiger partial charge on any atom is 0.257 e. The second-order valence-electron chi connectivity index (χ2n) is 6.82. The Kier molecular flexibility index (Phi) is 5.88. The van der Waals surface area contributed by atoms with Crippen LogP contribution in [-0.4, -0.2) is 37.2 Å². The van der Waals surface area contributed by atoms with Gasteiger partial charge in [0.25, 0.3) is 5.91 Å². The molecular formula is C23H21N5O2. The number of pyridine rings is 1. The van der Waals surface area contributed by atoms with Gasteiger partial charge in [-0.1, -0.05) is 12.1 Å². The lowest BCUT2D eigenvalue weighted by Crippen LogP contribution is -2.36. The number of carbonyl (C=O) groups is 1. The quantitative estimate of drug-likeness (QED) is 0.678. The monoisotopic (exact) mass is 399 g/mol. The highest BCUT2D eigenvalue weighted by Gasteiger charge is 2.16. The number of hydrogen-bond donors (Lipinski definition) is 2. The number of amides is 1. The van der Waals surface area contributed by atoms with E-state index in [1.54, 1.807) is 30.5 Å². The summed E-state index contributed by atoms with van der Waals surface area (Å²) in [6.07, 6.45) is 1.54. The van der Waals surface area contributed by atoms with Gasteiger partial charge < -0.3 is 20.3 Å². The SMILES string of the molecule is N#Cc1ccc(Nc2ccc(C(=O)Nc3ccccc3N3CCOCC3)cn2)cc1. The van der Waals surface area contributed by atoms with E-state index >= 15 is 0 Å². The van der Waals surface area contributed by atoms with E-state index in [1.807, 2.05) is 36.4 Å². The summed E-state index contributed by atoms with van der Waals surface area (Å²) < 4.78 is 5.42. The van der Waals surface area contributed by atoms with Crippen molar-refractivity contribution in [1.29, 1.82) is 5.26 Å². The molecule has 1 amide bonds. The Hall–Kier alpha value is -3.89. The third-order valence-corrected chi connectivity index (χ3v) is 4.82. The average molecular weight is 399 g/mol. The number of anilines is 4. The van der Waals surface area contributed by atoms with Crippen LogP contribution in [0.4, 0.5) is 22.9 Å². The molecule has 150 valence electrons. The average Bonchev–Trinajstić information content (AvgIpc) is 2.81. The molecule has 0 atom stereocenters. The lowest BCUT2D eigenvalue weighted by Gasteiger charge is -2.30. The maximum absolute atomic E-state index is 12.7. The number of ether oxygens (including phenoxy) is 1. The van der Waals surface area contributed by atoms with Crippen molar-refractivity contribution in [3.8, 4) is 6.07 Å². The molecule has 1 fully saturated rings. The van der Waals surface area contributed by atoms with Crippen molar-refractivity contribution in [2.45, 2.75) is 0 Å². The smallest absolute Gasteiger partial charge is 0.257 e. The maximum atomic E-state index is 12.7. The molecule has 30 heavy (non-hydrogen) atoms. The molecule has 2 aromatic carbocycles. The number of benzene rings is 2. The molecule has 2 heterocycles. The van der Waals surface area contributed by atoms with Gasteiger partial charge in [-0.2, -0.15) is 5.26 Å². The topological polar surface area (TPSA) is 90.3 Å². The van der Waals surface area contributed by atoms with Crippen LogP contribution in [0.1, 0.15) is 15.9 Å². The van der Waals surface area contributed by atoms with Crippen LogP contribution in [-0.2, 0) is 4.74 Å². The number of rotatable bonds is 5. The summed E-state index contributed by atoms with van der Waals surface area (Å²) in [5, 5.41) is 15.0. The Morgan fingerprint density at radius 2 is 1.80 bits per heavy atom. The summed E-state index contributed by atoms with van der Waals surface area (Å²) in [6.45, 7) is 2.95. The van der Waals surface area contributed by atoms with Gasteiger partial charge >= 0.3 is 0 Å². The number of nitriles is 1. The fourth-order valence-corrected chi connectivity index (χ4v) is 3.23. The highest BCUT2D eigenvalue weighted by molar-refractivity contribution is 6.05. The number of hydrogen-bond acceptors (Lipinski definition) is 6. The zero-order valence-electron chi connectivity index (χ0n) is 16.3. The highest BCUT2D eigenvalue weighted by atomic mass is 16.5. The molecule has 1 aliphatic heterocycles. The summed E-state index contributed by atoms with van der Waals surface area (Å²) in [6, 6.07) is 20.4. The van der Waals surface area contributed by atoms with Crippen molar-refractivity contribution >= 4 is 28.8 Å². The zero-order chi connectivity index (χ0) is 20.8. The van der Waals surface area contributed by atoms with E-state index in [4.69, 9.17) is 10.00 Å². The first-order chi connectivity index (χ1) is 14.7. The van der Waals surface area contributed by atoms with Gasteiger partial charge in [-0.3, -0.25) is 4.79 Å². The largest absolute Gasteiger partial charge is 0.378 e. The van der Waals surface area contributed by atoms with Crippen molar-refractivity contribution in [2.75, 3.05) is 41.8 Å². The molecule has 2 N–H and O–H groups in total. The summed E-state index contributed by atoms with van der Waals surface area (Å²) in [4.78, 5) is 19.3. The first kappa shape index (κ1) is 19.4. The normalized spacial score (nSPS) is 13.4. The molecule has 7 heteroatoms. The van der Waals surface area contributed by atoms with E-state index in [0.29, 0.717) is 30.2 Å². The second-order valence-corrected chi connectivity index (χ2v) is 6.82. The molecule has 1 saturated heterocycles. The number of nitrogens with zero attached hydrogens (tertiary/aromatic N) is 3. The van der Waals surface area contributed by atoms with Gasteiger partial charge in [-0.25, -0.2) is 4.98 Å². The fraction of sp³-hybridized carbons (Fsp3) is 0.174. The molecule has 1 aliphatic rings. The molecule has 3 aromatic rings. The van der Waals surface area contributed by atoms with E-state index in [-0.39, 0.29) is 5.91 Å². The Bertz CT molecular complexity index is 1050. The lowest BCUT2D eigenvalue weighted by atomic mass is 10.2. The molecule has 1 aromatic heterocycles. The van der Waals surface area contributed by atoms with Crippen LogP contribution in [0, 0.1) is 11.3 Å². The molecule has 4 rings (SSSR count). The van der Waals surface area contributed by atoms with Crippen LogP contribution in [0.25, 0.3) is 0 Å². The van der Waals surface area contributed by atoms with E-state index in [2.05, 4.69) is 26.6 Å². The third kappa shape index (κ3) is 4.57. The third-order valence-electron chi connectivity index (χ3n) is 4.82. The van der Waals surface area contributed by atoms with Crippen LogP contribution in [0.15, 0.2) is 66.9 Å². The first-order valence-electron chi connectivity index (χ1n) is 9.69. The minimum absolute atomic E-state index is 0.215. The molecule has 0 radical (unpaired) electrons. The summed E-state index contributed by atoms with van der Waals surface area (Å²) in [5.74, 6) is 0.401. The van der Waals surface area contributed by atoms with Crippen molar-refractivity contribution in [1.82, 2.24) is 4.98 Å². The lowest BCUT2D eigenvalue weighted by molar-refractivity contribution is 0.102. The Morgan fingerprint density at radius 1 is 1.03 bits per heavy atom. The number of nitrogens with one attached hydrogen (secondary N) is 2. The molecule has 0 saturated carbocycles. The van der Waals surface area contributed by atoms with Crippen LogP contribution in [0.3, 0.4) is 0 Å². The van der Waals surface area contributed by atoms with Gasteiger partial charge in [0.1, 0.15) is 5.82 Å². The van der Waals surface area contributed by atoms with Crippen LogP contribution in [0.2, 0.25) is 0 Å². The molecule has 7 nitrogen and oxygen atoms in total. The first-order valence-corrected chi connectivity index (χ1v) is 9.69. The summed E-state index contributed by atoms with van der Waals surface area (Å²) in [5.41, 5.74) is 3.64. The Morgan fingerprint density at radius 3 is 2.50 bits per heavy atom. The van der Waals surface area contributed by atoms with Crippen molar-refractivity contribution < 1.29 is 9.53 Å². The van der Waals surface area contributed by atoms with Gasteiger partial charge in [-0.15, -0.1) is 0 Å². The van der Waals surface area contributed by atoms with Crippen LogP contribution >= 0.6 is 0 Å². The van der Waals surface area contributed by atoms with Gasteiger partial charge in [0, 0.05) is 25.0 Å². The number of morpholine rings is 1. The van der Waals surface area contributed by atoms with E-state index < -0.39 is 0 Å². The van der Waals surface area contributed by atoms with Crippen molar-refractivity contribution in [3.63, 3.8) is 0 Å². The van der Waals surface area contributed by atoms with Crippen molar-refractivity contribution in [3.05, 3.63) is 78.0 Å². The van der Waals surface area contributed by atoms with Gasteiger partial charge in [0.05, 0.1) is 41.8 Å². The molecule has 0 spiro atoms. The molecular weight excluding hydrogens is 378 g/mol. The molecule has 0 unspecified atom stereocenters. The minimum Gasteiger partial charge on any atom is -0.378 e. The Balaban J connectivity index is 1.43. The van der Waals surface area contributed by atoms with E-state index in [1.165, 1.54) is 0 Å². The van der Waals surface area contributed by atoms with Gasteiger partial charge in [0.15, 0.2) is 0 Å². The highest BCUT2D eigenvalue weighted by Crippen LogP contribution is 2.27. The number of para-hydroxylation sites is 2. The number of aromatic nitrogens is 1. The van der Waals surface area contributed by atoms with Gasteiger partial charge in [0.2, 0.25) is 0 Å². The summed E-state index contributed by atoms with van der Waals surface area (Å²) >= 11 is 0. The minimum atomic E-state index is -0.215. The van der Waals surface area contributed by atoms with Gasteiger partial charge in [-0.05, 0) is 48.5 Å². The predicted octanol–water partition coefficient (Wildman–Crippen LogP) is 3.79. The Labute approximate surface area is 174 Å². The molecule has 0 bridgehead atoms. The van der Waals surface area contributed by atoms with Crippen LogP contribution < -0.4 is 15.5 Å². The zero-order valence-corrected chi connectivity index (χ0v) is 16.3. The van der Waals surface area contributed by atoms with E-state index in [9.17, 15) is 4.79 Å². The second kappa shape index (κ2) is 9.07. The fourth-order valence-electron chi connectivity index (χ4n) is 3.23. The van der Waals surface area contributed by atoms with Crippen LogP contribution in [0.5, 0.6) is 0 Å². The predicted molar refractivity (Wildman–Crippen MR) is 116 cm³/mol. The standard InChI is InChI=1S/C23H21N5O2/c24-15-17-5-8-19(9-6-17)26-22-10-7-18(16-25-22)23(29)27-20-3-1-2-4-21(20)28-11-13-30-14-12-28/h1-10,16H,11-14H2,(H,25,26)(H,27,29). The van der Waals surface area contributed by atoms with E-state index in [0.717, 1.165) is 30.2 Å². The number of carbonyl (C=O) groups excluding carboxylic acids is 1. The summed E-state index contributed by atoms with van der Waals surface area (Å²) in [7, 11) is 0. The van der Waals surface area contributed by atoms with Crippen molar-refractivity contribution in [2.24, 2.45) is 0 Å².